The molecule has 2 aromatic carbocycles. The van der Waals surface area contributed by atoms with Gasteiger partial charge in [-0.15, -0.1) is 0 Å². The molecule has 0 heterocycles. The number of rotatable bonds is 5. The highest BCUT2D eigenvalue weighted by Crippen LogP contribution is 2.33. The average molecular weight is 355 g/mol. The highest BCUT2D eigenvalue weighted by Gasteiger charge is 2.08. The van der Waals surface area contributed by atoms with E-state index < -0.39 is 0 Å². The Morgan fingerprint density at radius 1 is 1.15 bits per heavy atom. The molecule has 0 aliphatic heterocycles. The van der Waals surface area contributed by atoms with Crippen molar-refractivity contribution in [2.24, 2.45) is 0 Å². The Hall–Kier alpha value is -1.03. The molecule has 2 nitrogen and oxygen atoms in total. The molecule has 0 aromatic heterocycles. The van der Waals surface area contributed by atoms with Crippen molar-refractivity contribution in [1.82, 2.24) is 5.32 Å². The molecule has 0 atom stereocenters. The molecule has 0 bridgehead atoms. The van der Waals surface area contributed by atoms with E-state index in [2.05, 4.69) is 41.2 Å². The van der Waals surface area contributed by atoms with E-state index in [1.54, 1.807) is 0 Å². The van der Waals surface area contributed by atoms with Gasteiger partial charge in [-0.05, 0) is 24.3 Å². The number of benzene rings is 2. The fourth-order valence-electron chi connectivity index (χ4n) is 1.74. The first-order valence-electron chi connectivity index (χ1n) is 6.50. The standard InChI is InChI=1S/C16H17BrClNO/c1-11(2)19-10-12-5-3-4-6-15(12)20-16-8-7-13(17)9-14(16)18/h3-9,11,19H,10H2,1-2H3. The summed E-state index contributed by atoms with van der Waals surface area (Å²) in [5, 5.41) is 3.98. The zero-order chi connectivity index (χ0) is 14.5. The van der Waals surface area contributed by atoms with Crippen LogP contribution in [0.5, 0.6) is 11.5 Å². The predicted octanol–water partition coefficient (Wildman–Crippen LogP) is 5.39. The number of hydrogen-bond acceptors (Lipinski definition) is 2. The van der Waals surface area contributed by atoms with Crippen LogP contribution in [0, 0.1) is 0 Å². The highest BCUT2D eigenvalue weighted by atomic mass is 79.9. The molecule has 0 saturated carbocycles. The maximum Gasteiger partial charge on any atom is 0.146 e. The van der Waals surface area contributed by atoms with Crippen molar-refractivity contribution in [3.05, 3.63) is 57.5 Å². The second-order valence-electron chi connectivity index (χ2n) is 4.82. The summed E-state index contributed by atoms with van der Waals surface area (Å²) >= 11 is 9.58. The van der Waals surface area contributed by atoms with Crippen molar-refractivity contribution in [1.29, 1.82) is 0 Å². The maximum atomic E-state index is 6.19. The maximum absolute atomic E-state index is 6.19. The van der Waals surface area contributed by atoms with Crippen molar-refractivity contribution in [3.63, 3.8) is 0 Å². The zero-order valence-corrected chi connectivity index (χ0v) is 13.8. The van der Waals surface area contributed by atoms with Gasteiger partial charge in [0.05, 0.1) is 5.02 Å². The van der Waals surface area contributed by atoms with Gasteiger partial charge in [-0.25, -0.2) is 0 Å². The molecular formula is C16H17BrClNO. The summed E-state index contributed by atoms with van der Waals surface area (Å²) in [6.45, 7) is 5.01. The minimum Gasteiger partial charge on any atom is -0.455 e. The van der Waals surface area contributed by atoms with Crippen molar-refractivity contribution in [2.45, 2.75) is 26.4 Å². The van der Waals surface area contributed by atoms with Crippen molar-refractivity contribution in [3.8, 4) is 11.5 Å². The molecule has 0 aliphatic rings. The van der Waals surface area contributed by atoms with Crippen molar-refractivity contribution in [2.75, 3.05) is 0 Å². The van der Waals surface area contributed by atoms with Crippen LogP contribution < -0.4 is 10.1 Å². The van der Waals surface area contributed by atoms with Gasteiger partial charge in [-0.1, -0.05) is 59.6 Å². The average Bonchev–Trinajstić information content (AvgIpc) is 2.41. The van der Waals surface area contributed by atoms with Gasteiger partial charge in [0.25, 0.3) is 0 Å². The van der Waals surface area contributed by atoms with Gasteiger partial charge in [0.1, 0.15) is 11.5 Å². The van der Waals surface area contributed by atoms with Crippen LogP contribution >= 0.6 is 27.5 Å². The van der Waals surface area contributed by atoms with Crippen LogP contribution in [-0.4, -0.2) is 6.04 Å². The topological polar surface area (TPSA) is 21.3 Å². The third kappa shape index (κ3) is 4.23. The molecule has 2 aromatic rings. The summed E-state index contributed by atoms with van der Waals surface area (Å²) in [7, 11) is 0. The van der Waals surface area contributed by atoms with Crippen LogP contribution in [0.1, 0.15) is 19.4 Å². The van der Waals surface area contributed by atoms with E-state index >= 15 is 0 Å². The van der Waals surface area contributed by atoms with E-state index in [0.717, 1.165) is 22.3 Å². The van der Waals surface area contributed by atoms with E-state index in [1.165, 1.54) is 0 Å². The van der Waals surface area contributed by atoms with Gasteiger partial charge in [0.15, 0.2) is 0 Å². The first-order chi connectivity index (χ1) is 9.56. The van der Waals surface area contributed by atoms with E-state index in [0.29, 0.717) is 16.8 Å². The van der Waals surface area contributed by atoms with Crippen LogP contribution in [0.4, 0.5) is 0 Å². The molecule has 1 N–H and O–H groups in total. The molecule has 0 amide bonds. The van der Waals surface area contributed by atoms with Crippen LogP contribution in [0.3, 0.4) is 0 Å². The van der Waals surface area contributed by atoms with Gasteiger partial charge in [-0.2, -0.15) is 0 Å². The molecule has 0 saturated heterocycles. The molecule has 0 spiro atoms. The third-order valence-corrected chi connectivity index (χ3v) is 3.58. The second-order valence-corrected chi connectivity index (χ2v) is 6.14. The predicted molar refractivity (Wildman–Crippen MR) is 87.6 cm³/mol. The molecule has 0 fully saturated rings. The first kappa shape index (κ1) is 15.4. The lowest BCUT2D eigenvalue weighted by atomic mass is 10.2. The van der Waals surface area contributed by atoms with Crippen LogP contribution in [0.25, 0.3) is 0 Å². The summed E-state index contributed by atoms with van der Waals surface area (Å²) in [5.41, 5.74) is 1.11. The largest absolute Gasteiger partial charge is 0.455 e. The molecule has 0 aliphatic carbocycles. The Bertz CT molecular complexity index is 586. The van der Waals surface area contributed by atoms with Gasteiger partial charge in [0, 0.05) is 22.6 Å². The zero-order valence-electron chi connectivity index (χ0n) is 11.5. The molecule has 0 radical (unpaired) electrons. The van der Waals surface area contributed by atoms with Crippen LogP contribution in [0.15, 0.2) is 46.9 Å². The smallest absolute Gasteiger partial charge is 0.146 e. The number of hydrogen-bond donors (Lipinski definition) is 1. The van der Waals surface area contributed by atoms with Gasteiger partial charge >= 0.3 is 0 Å². The summed E-state index contributed by atoms with van der Waals surface area (Å²) in [6.07, 6.45) is 0. The molecule has 20 heavy (non-hydrogen) atoms. The molecule has 0 unspecified atom stereocenters. The lowest BCUT2D eigenvalue weighted by Gasteiger charge is -2.14. The monoisotopic (exact) mass is 353 g/mol. The summed E-state index contributed by atoms with van der Waals surface area (Å²) < 4.78 is 6.87. The molecular weight excluding hydrogens is 338 g/mol. The summed E-state index contributed by atoms with van der Waals surface area (Å²) in [5.74, 6) is 1.48. The lowest BCUT2D eigenvalue weighted by Crippen LogP contribution is -2.22. The highest BCUT2D eigenvalue weighted by molar-refractivity contribution is 9.10. The summed E-state index contributed by atoms with van der Waals surface area (Å²) in [4.78, 5) is 0. The number of para-hydroxylation sites is 1. The Balaban J connectivity index is 2.20. The first-order valence-corrected chi connectivity index (χ1v) is 7.67. The van der Waals surface area contributed by atoms with E-state index in [-0.39, 0.29) is 0 Å². The lowest BCUT2D eigenvalue weighted by molar-refractivity contribution is 0.469. The molecule has 4 heteroatoms. The normalized spacial score (nSPS) is 10.8. The van der Waals surface area contributed by atoms with Crippen LogP contribution in [0.2, 0.25) is 5.02 Å². The Morgan fingerprint density at radius 3 is 2.60 bits per heavy atom. The minimum absolute atomic E-state index is 0.430. The minimum atomic E-state index is 0.430. The van der Waals surface area contributed by atoms with Crippen LogP contribution in [-0.2, 0) is 6.54 Å². The number of ether oxygens (including phenoxy) is 1. The van der Waals surface area contributed by atoms with Gasteiger partial charge in [0.2, 0.25) is 0 Å². The van der Waals surface area contributed by atoms with Gasteiger partial charge < -0.3 is 10.1 Å². The number of halogens is 2. The fraction of sp³-hybridized carbons (Fsp3) is 0.250. The SMILES string of the molecule is CC(C)NCc1ccccc1Oc1ccc(Br)cc1Cl. The Morgan fingerprint density at radius 2 is 1.90 bits per heavy atom. The van der Waals surface area contributed by atoms with E-state index in [4.69, 9.17) is 16.3 Å². The fourth-order valence-corrected chi connectivity index (χ4v) is 2.45. The van der Waals surface area contributed by atoms with E-state index in [9.17, 15) is 0 Å². The van der Waals surface area contributed by atoms with Gasteiger partial charge in [-0.3, -0.25) is 0 Å². The Labute approximate surface area is 133 Å². The van der Waals surface area contributed by atoms with Crippen molar-refractivity contribution < 1.29 is 4.74 Å². The molecule has 2 rings (SSSR count). The second kappa shape index (κ2) is 7.11. The third-order valence-electron chi connectivity index (χ3n) is 2.79. The van der Waals surface area contributed by atoms with Crippen molar-refractivity contribution >= 4 is 27.5 Å². The summed E-state index contributed by atoms with van der Waals surface area (Å²) in [6, 6.07) is 14.0. The molecule has 106 valence electrons. The number of nitrogens with one attached hydrogen (secondary N) is 1. The quantitative estimate of drug-likeness (QED) is 0.777. The van der Waals surface area contributed by atoms with E-state index in [1.807, 2.05) is 36.4 Å². The Kier molecular flexibility index (Phi) is 5.46.